The Morgan fingerprint density at radius 1 is 1.24 bits per heavy atom. The van der Waals surface area contributed by atoms with Gasteiger partial charge in [0.05, 0.1) is 6.04 Å². The van der Waals surface area contributed by atoms with Gasteiger partial charge in [-0.2, -0.15) is 11.3 Å². The van der Waals surface area contributed by atoms with Gasteiger partial charge in [-0.05, 0) is 72.9 Å². The van der Waals surface area contributed by atoms with Gasteiger partial charge in [0, 0.05) is 17.6 Å². The second kappa shape index (κ2) is 8.21. The number of benzene rings is 1. The van der Waals surface area contributed by atoms with E-state index in [1.807, 2.05) is 35.7 Å². The van der Waals surface area contributed by atoms with Crippen LogP contribution < -0.4 is 10.6 Å². The Labute approximate surface area is 158 Å². The van der Waals surface area contributed by atoms with E-state index in [1.54, 1.807) is 11.3 Å². The number of carbonyl (C=O) groups is 1. The summed E-state index contributed by atoms with van der Waals surface area (Å²) in [5.74, 6) is 0.577. The summed E-state index contributed by atoms with van der Waals surface area (Å²) in [5, 5.41) is 10.9. The van der Waals surface area contributed by atoms with E-state index in [2.05, 4.69) is 35.0 Å². The topological polar surface area (TPSA) is 44.4 Å². The van der Waals surface area contributed by atoms with Crippen molar-refractivity contribution in [2.24, 2.45) is 5.92 Å². The maximum absolute atomic E-state index is 12.4. The lowest BCUT2D eigenvalue weighted by molar-refractivity contribution is 0.123. The van der Waals surface area contributed by atoms with Gasteiger partial charge in [-0.15, -0.1) is 0 Å². The van der Waals surface area contributed by atoms with Gasteiger partial charge in [0.2, 0.25) is 0 Å². The van der Waals surface area contributed by atoms with Crippen molar-refractivity contribution >= 4 is 29.0 Å². The molecule has 25 heavy (non-hydrogen) atoms. The molecule has 0 saturated heterocycles. The number of halogens is 1. The number of amides is 2. The number of carbonyl (C=O) groups excluding carboxylic acids is 1. The van der Waals surface area contributed by atoms with Gasteiger partial charge in [-0.25, -0.2) is 4.79 Å². The quantitative estimate of drug-likeness (QED) is 0.794. The molecule has 1 unspecified atom stereocenters. The summed E-state index contributed by atoms with van der Waals surface area (Å²) in [6, 6.07) is 10.0. The van der Waals surface area contributed by atoms with Crippen molar-refractivity contribution in [1.82, 2.24) is 15.5 Å². The van der Waals surface area contributed by atoms with Crippen molar-refractivity contribution < 1.29 is 4.79 Å². The Bertz CT molecular complexity index is 681. The van der Waals surface area contributed by atoms with Crippen LogP contribution in [0.4, 0.5) is 4.79 Å². The molecule has 2 aromatic rings. The number of rotatable bonds is 6. The zero-order valence-corrected chi connectivity index (χ0v) is 16.1. The van der Waals surface area contributed by atoms with Crippen LogP contribution in [-0.4, -0.2) is 37.6 Å². The molecule has 2 N–H and O–H groups in total. The van der Waals surface area contributed by atoms with E-state index in [-0.39, 0.29) is 12.1 Å². The molecule has 1 fully saturated rings. The first-order chi connectivity index (χ1) is 12.0. The second-order valence-electron chi connectivity index (χ2n) is 6.85. The van der Waals surface area contributed by atoms with E-state index < -0.39 is 0 Å². The first-order valence-corrected chi connectivity index (χ1v) is 9.83. The highest BCUT2D eigenvalue weighted by Gasteiger charge is 2.30. The molecule has 1 aromatic carbocycles. The van der Waals surface area contributed by atoms with Crippen LogP contribution >= 0.6 is 22.9 Å². The molecule has 1 heterocycles. The molecule has 0 aliphatic heterocycles. The first-order valence-electron chi connectivity index (χ1n) is 8.51. The Hall–Kier alpha value is -1.56. The van der Waals surface area contributed by atoms with E-state index in [1.165, 1.54) is 0 Å². The summed E-state index contributed by atoms with van der Waals surface area (Å²) < 4.78 is 0. The van der Waals surface area contributed by atoms with Gasteiger partial charge < -0.3 is 15.5 Å². The monoisotopic (exact) mass is 377 g/mol. The summed E-state index contributed by atoms with van der Waals surface area (Å²) in [6.07, 6.45) is 2.30. The van der Waals surface area contributed by atoms with Crippen LogP contribution in [0.5, 0.6) is 0 Å². The average molecular weight is 378 g/mol. The van der Waals surface area contributed by atoms with Crippen molar-refractivity contribution in [3.8, 4) is 0 Å². The average Bonchev–Trinajstić information content (AvgIpc) is 3.06. The van der Waals surface area contributed by atoms with Gasteiger partial charge in [0.25, 0.3) is 0 Å². The largest absolute Gasteiger partial charge is 0.338 e. The Morgan fingerprint density at radius 3 is 2.56 bits per heavy atom. The zero-order chi connectivity index (χ0) is 17.8. The molecule has 134 valence electrons. The van der Waals surface area contributed by atoms with Crippen molar-refractivity contribution in [1.29, 1.82) is 0 Å². The molecule has 1 aliphatic rings. The number of hydrogen-bond acceptors (Lipinski definition) is 3. The second-order valence-corrected chi connectivity index (χ2v) is 8.07. The molecule has 0 radical (unpaired) electrons. The van der Waals surface area contributed by atoms with Crippen LogP contribution in [0.25, 0.3) is 0 Å². The molecular formula is C19H24ClN3OS. The minimum absolute atomic E-state index is 0.126. The molecule has 3 rings (SSSR count). The fraction of sp³-hybridized carbons (Fsp3) is 0.421. The molecule has 1 atom stereocenters. The molecule has 2 amide bonds. The van der Waals surface area contributed by atoms with E-state index in [9.17, 15) is 4.79 Å². The molecule has 1 aromatic heterocycles. The normalized spacial score (nSPS) is 20.8. The highest BCUT2D eigenvalue weighted by molar-refractivity contribution is 7.08. The molecule has 1 saturated carbocycles. The Morgan fingerprint density at radius 2 is 1.96 bits per heavy atom. The fourth-order valence-corrected chi connectivity index (χ4v) is 3.97. The van der Waals surface area contributed by atoms with Crippen LogP contribution in [0.1, 0.15) is 30.0 Å². The van der Waals surface area contributed by atoms with Crippen molar-refractivity contribution in [3.63, 3.8) is 0 Å². The minimum atomic E-state index is -0.167. The molecule has 4 nitrogen and oxygen atoms in total. The lowest BCUT2D eigenvalue weighted by Gasteiger charge is -2.39. The van der Waals surface area contributed by atoms with E-state index in [0.717, 1.165) is 30.5 Å². The van der Waals surface area contributed by atoms with Gasteiger partial charge in [0.15, 0.2) is 0 Å². The third-order valence-corrected chi connectivity index (χ3v) is 5.80. The van der Waals surface area contributed by atoms with Gasteiger partial charge >= 0.3 is 6.03 Å². The molecule has 0 bridgehead atoms. The summed E-state index contributed by atoms with van der Waals surface area (Å²) in [4.78, 5) is 14.6. The Kier molecular flexibility index (Phi) is 5.99. The van der Waals surface area contributed by atoms with Crippen LogP contribution in [0.3, 0.4) is 0 Å². The standard InChI is InChI=1S/C19H24ClN3OS/c1-23(2)17-9-13(10-17)11-21-19(24)22-18(15-7-8-25-12-15)14-3-5-16(20)6-4-14/h3-8,12-13,17-18H,9-11H2,1-2H3,(H2,21,22,24). The molecule has 1 aliphatic carbocycles. The fourth-order valence-electron chi connectivity index (χ4n) is 3.16. The van der Waals surface area contributed by atoms with Crippen molar-refractivity contribution in [2.45, 2.75) is 24.9 Å². The highest BCUT2D eigenvalue weighted by Crippen LogP contribution is 2.30. The number of thiophene rings is 1. The number of nitrogens with one attached hydrogen (secondary N) is 2. The van der Waals surface area contributed by atoms with E-state index in [0.29, 0.717) is 17.0 Å². The maximum Gasteiger partial charge on any atom is 0.315 e. The number of nitrogens with zero attached hydrogens (tertiary/aromatic N) is 1. The zero-order valence-electron chi connectivity index (χ0n) is 14.5. The maximum atomic E-state index is 12.4. The van der Waals surface area contributed by atoms with E-state index >= 15 is 0 Å². The predicted octanol–water partition coefficient (Wildman–Crippen LogP) is 4.13. The van der Waals surface area contributed by atoms with Gasteiger partial charge in [-0.1, -0.05) is 23.7 Å². The van der Waals surface area contributed by atoms with Crippen molar-refractivity contribution in [2.75, 3.05) is 20.6 Å². The first kappa shape index (κ1) is 18.2. The van der Waals surface area contributed by atoms with Crippen LogP contribution in [-0.2, 0) is 0 Å². The Balaban J connectivity index is 1.57. The van der Waals surface area contributed by atoms with Gasteiger partial charge in [-0.3, -0.25) is 0 Å². The SMILES string of the molecule is CN(C)C1CC(CNC(=O)NC(c2ccc(Cl)cc2)c2ccsc2)C1. The number of hydrogen-bond donors (Lipinski definition) is 2. The lowest BCUT2D eigenvalue weighted by atomic mass is 9.79. The van der Waals surface area contributed by atoms with Crippen LogP contribution in [0.2, 0.25) is 5.02 Å². The smallest absolute Gasteiger partial charge is 0.315 e. The summed E-state index contributed by atoms with van der Waals surface area (Å²) in [6.45, 7) is 0.729. The summed E-state index contributed by atoms with van der Waals surface area (Å²) in [5.41, 5.74) is 2.10. The van der Waals surface area contributed by atoms with Crippen molar-refractivity contribution in [3.05, 3.63) is 57.2 Å². The van der Waals surface area contributed by atoms with Crippen LogP contribution in [0.15, 0.2) is 41.1 Å². The summed E-state index contributed by atoms with van der Waals surface area (Å²) >= 11 is 7.61. The van der Waals surface area contributed by atoms with Crippen LogP contribution in [0, 0.1) is 5.92 Å². The third kappa shape index (κ3) is 4.75. The van der Waals surface area contributed by atoms with Gasteiger partial charge in [0.1, 0.15) is 0 Å². The molecule has 6 heteroatoms. The minimum Gasteiger partial charge on any atom is -0.338 e. The highest BCUT2D eigenvalue weighted by atomic mass is 35.5. The third-order valence-electron chi connectivity index (χ3n) is 4.85. The number of urea groups is 1. The van der Waals surface area contributed by atoms with E-state index in [4.69, 9.17) is 11.6 Å². The lowest BCUT2D eigenvalue weighted by Crippen LogP contribution is -2.47. The molecular weight excluding hydrogens is 354 g/mol. The molecule has 0 spiro atoms. The summed E-state index contributed by atoms with van der Waals surface area (Å²) in [7, 11) is 4.22. The predicted molar refractivity (Wildman–Crippen MR) is 104 cm³/mol.